The largest absolute Gasteiger partial charge is 0.444 e. The van der Waals surface area contributed by atoms with Crippen molar-refractivity contribution in [1.82, 2.24) is 9.80 Å². The Kier molecular flexibility index (Phi) is 4.43. The fourth-order valence-electron chi connectivity index (χ4n) is 3.31. The van der Waals surface area contributed by atoms with Crippen LogP contribution in [0.4, 0.5) is 14.0 Å². The molecule has 136 valence electrons. The van der Waals surface area contributed by atoms with Crippen molar-refractivity contribution in [3.63, 3.8) is 0 Å². The smallest absolute Gasteiger partial charge is 0.410 e. The van der Waals surface area contributed by atoms with Gasteiger partial charge in [-0.1, -0.05) is 0 Å². The van der Waals surface area contributed by atoms with E-state index in [1.54, 1.807) is 22.8 Å². The van der Waals surface area contributed by atoms with Gasteiger partial charge in [-0.15, -0.1) is 0 Å². The molecule has 1 aliphatic carbocycles. The van der Waals surface area contributed by atoms with Crippen molar-refractivity contribution in [2.75, 3.05) is 13.1 Å². The standard InChI is InChI=1S/C18H24FN3O3/c1-11-9-15-14(10-13(11)19)20-16(23)22(15)12-5-7-21(8-6-12)17(24)25-18(2,3)4/h9,12H,5-8,10H2,1-4H3. The minimum Gasteiger partial charge on any atom is -0.444 e. The lowest BCUT2D eigenvalue weighted by molar-refractivity contribution is 0.0178. The van der Waals surface area contributed by atoms with Gasteiger partial charge in [0.2, 0.25) is 0 Å². The molecule has 0 bridgehead atoms. The Bertz CT molecular complexity index is 695. The van der Waals surface area contributed by atoms with Crippen LogP contribution in [0.2, 0.25) is 0 Å². The molecule has 2 aliphatic heterocycles. The van der Waals surface area contributed by atoms with E-state index in [1.165, 1.54) is 0 Å². The summed E-state index contributed by atoms with van der Waals surface area (Å²) in [6.45, 7) is 8.26. The van der Waals surface area contributed by atoms with Gasteiger partial charge in [-0.25, -0.2) is 14.0 Å². The summed E-state index contributed by atoms with van der Waals surface area (Å²) in [7, 11) is 0. The fourth-order valence-corrected chi connectivity index (χ4v) is 3.31. The minimum atomic E-state index is -0.525. The second kappa shape index (κ2) is 6.28. The molecule has 1 saturated heterocycles. The molecule has 7 heteroatoms. The number of ether oxygens (including phenoxy) is 1. The lowest BCUT2D eigenvalue weighted by Gasteiger charge is -2.37. The van der Waals surface area contributed by atoms with Gasteiger partial charge in [-0.2, -0.15) is 4.99 Å². The van der Waals surface area contributed by atoms with Crippen molar-refractivity contribution < 1.29 is 18.7 Å². The summed E-state index contributed by atoms with van der Waals surface area (Å²) in [6.07, 6.45) is 2.75. The molecule has 3 amide bonds. The van der Waals surface area contributed by atoms with Crippen molar-refractivity contribution in [2.24, 2.45) is 4.99 Å². The zero-order valence-corrected chi connectivity index (χ0v) is 15.1. The average Bonchev–Trinajstić information content (AvgIpc) is 2.81. The van der Waals surface area contributed by atoms with Crippen LogP contribution in [0.5, 0.6) is 0 Å². The maximum atomic E-state index is 13.8. The number of hydrogen-bond acceptors (Lipinski definition) is 3. The van der Waals surface area contributed by atoms with Crippen LogP contribution < -0.4 is 0 Å². The third kappa shape index (κ3) is 3.60. The topological polar surface area (TPSA) is 62.2 Å². The van der Waals surface area contributed by atoms with Gasteiger partial charge < -0.3 is 9.64 Å². The number of carbonyl (C=O) groups is 2. The highest BCUT2D eigenvalue weighted by Crippen LogP contribution is 2.33. The third-order valence-corrected chi connectivity index (χ3v) is 4.58. The fraction of sp³-hybridized carbons (Fsp3) is 0.611. The number of amides is 3. The van der Waals surface area contributed by atoms with Crippen LogP contribution in [0.1, 0.15) is 47.0 Å². The maximum Gasteiger partial charge on any atom is 0.410 e. The quantitative estimate of drug-likeness (QED) is 0.723. The zero-order chi connectivity index (χ0) is 18.4. The molecule has 0 aromatic rings. The second-order valence-electron chi connectivity index (χ2n) is 7.70. The monoisotopic (exact) mass is 349 g/mol. The summed E-state index contributed by atoms with van der Waals surface area (Å²) in [6, 6.07) is -0.368. The number of fused-ring (bicyclic) bond motifs is 1. The van der Waals surface area contributed by atoms with Gasteiger partial charge >= 0.3 is 12.1 Å². The molecule has 0 aromatic heterocycles. The zero-order valence-electron chi connectivity index (χ0n) is 15.1. The average molecular weight is 349 g/mol. The van der Waals surface area contributed by atoms with Gasteiger partial charge in [0, 0.05) is 25.6 Å². The molecular formula is C18H24FN3O3. The Morgan fingerprint density at radius 1 is 1.32 bits per heavy atom. The molecule has 3 rings (SSSR count). The number of halogens is 1. The first kappa shape index (κ1) is 17.6. The van der Waals surface area contributed by atoms with Crippen molar-refractivity contribution in [3.8, 4) is 0 Å². The van der Waals surface area contributed by atoms with E-state index in [2.05, 4.69) is 4.99 Å². The second-order valence-corrected chi connectivity index (χ2v) is 7.70. The Morgan fingerprint density at radius 3 is 2.56 bits per heavy atom. The van der Waals surface area contributed by atoms with Crippen LogP contribution in [0, 0.1) is 0 Å². The van der Waals surface area contributed by atoms with E-state index in [0.29, 0.717) is 42.9 Å². The number of allylic oxidation sites excluding steroid dienone is 4. The molecule has 1 fully saturated rings. The van der Waals surface area contributed by atoms with Gasteiger partial charge in [0.05, 0.1) is 11.4 Å². The molecule has 25 heavy (non-hydrogen) atoms. The highest BCUT2D eigenvalue weighted by atomic mass is 19.1. The first-order chi connectivity index (χ1) is 11.7. The Labute approximate surface area is 147 Å². The molecule has 0 aromatic carbocycles. The lowest BCUT2D eigenvalue weighted by Crippen LogP contribution is -2.48. The molecule has 0 spiro atoms. The van der Waals surface area contributed by atoms with Crippen molar-refractivity contribution in [1.29, 1.82) is 0 Å². The van der Waals surface area contributed by atoms with Crippen molar-refractivity contribution in [2.45, 2.75) is 58.6 Å². The van der Waals surface area contributed by atoms with Crippen LogP contribution in [-0.4, -0.2) is 52.4 Å². The summed E-state index contributed by atoms with van der Waals surface area (Å²) >= 11 is 0. The van der Waals surface area contributed by atoms with E-state index in [-0.39, 0.29) is 30.4 Å². The van der Waals surface area contributed by atoms with E-state index in [0.717, 1.165) is 0 Å². The van der Waals surface area contributed by atoms with Gasteiger partial charge in [-0.05, 0) is 52.2 Å². The minimum absolute atomic E-state index is 0.0346. The highest BCUT2D eigenvalue weighted by Gasteiger charge is 2.39. The van der Waals surface area contributed by atoms with Crippen LogP contribution in [-0.2, 0) is 4.74 Å². The van der Waals surface area contributed by atoms with Crippen molar-refractivity contribution in [3.05, 3.63) is 23.2 Å². The van der Waals surface area contributed by atoms with Gasteiger partial charge in [0.25, 0.3) is 0 Å². The maximum absolute atomic E-state index is 13.8. The van der Waals surface area contributed by atoms with Gasteiger partial charge in [0.15, 0.2) is 0 Å². The highest BCUT2D eigenvalue weighted by molar-refractivity contribution is 6.14. The number of likely N-dealkylation sites (tertiary alicyclic amines) is 1. The lowest BCUT2D eigenvalue weighted by atomic mass is 9.98. The number of hydrogen-bond donors (Lipinski definition) is 0. The van der Waals surface area contributed by atoms with Gasteiger partial charge in [0.1, 0.15) is 11.4 Å². The third-order valence-electron chi connectivity index (χ3n) is 4.58. The van der Waals surface area contributed by atoms with Crippen LogP contribution in [0.3, 0.4) is 0 Å². The van der Waals surface area contributed by atoms with E-state index >= 15 is 0 Å². The molecule has 3 aliphatic rings. The molecule has 0 radical (unpaired) electrons. The SMILES string of the molecule is CC1=C(F)CC2=NC(=O)N(C3CCN(C(=O)OC(C)(C)C)CC3)C2=C1. The Balaban J connectivity index is 1.67. The van der Waals surface area contributed by atoms with Crippen LogP contribution in [0.25, 0.3) is 0 Å². The first-order valence-corrected chi connectivity index (χ1v) is 8.62. The summed E-state index contributed by atoms with van der Waals surface area (Å²) in [5.74, 6) is -0.239. The van der Waals surface area contributed by atoms with Crippen LogP contribution >= 0.6 is 0 Å². The number of aliphatic imine (C=N–C) groups is 1. The number of rotatable bonds is 1. The van der Waals surface area contributed by atoms with E-state index in [1.807, 2.05) is 20.8 Å². The summed E-state index contributed by atoms with van der Waals surface area (Å²) in [4.78, 5) is 31.8. The first-order valence-electron chi connectivity index (χ1n) is 8.62. The van der Waals surface area contributed by atoms with E-state index < -0.39 is 5.60 Å². The van der Waals surface area contributed by atoms with Crippen molar-refractivity contribution >= 4 is 17.8 Å². The number of carbonyl (C=O) groups excluding carboxylic acids is 2. The molecule has 0 saturated carbocycles. The Morgan fingerprint density at radius 2 is 1.96 bits per heavy atom. The molecule has 6 nitrogen and oxygen atoms in total. The molecule has 0 unspecified atom stereocenters. The predicted octanol–water partition coefficient (Wildman–Crippen LogP) is 3.79. The van der Waals surface area contributed by atoms with E-state index in [4.69, 9.17) is 4.74 Å². The molecule has 2 heterocycles. The number of urea groups is 1. The number of nitrogens with zero attached hydrogens (tertiary/aromatic N) is 3. The molecule has 0 atom stereocenters. The predicted molar refractivity (Wildman–Crippen MR) is 92.0 cm³/mol. The number of piperidine rings is 1. The summed E-state index contributed by atoms with van der Waals surface area (Å²) in [5, 5.41) is 0. The summed E-state index contributed by atoms with van der Waals surface area (Å²) < 4.78 is 19.1. The summed E-state index contributed by atoms with van der Waals surface area (Å²) in [5.41, 5.74) is 1.23. The molecule has 0 N–H and O–H groups in total. The Hall–Kier alpha value is -2.18. The van der Waals surface area contributed by atoms with Crippen LogP contribution in [0.15, 0.2) is 28.2 Å². The normalized spacial score (nSPS) is 22.0. The van der Waals surface area contributed by atoms with Gasteiger partial charge in [-0.3, -0.25) is 4.90 Å². The van der Waals surface area contributed by atoms with E-state index in [9.17, 15) is 14.0 Å². The molecular weight excluding hydrogens is 325 g/mol.